The van der Waals surface area contributed by atoms with E-state index in [9.17, 15) is 4.79 Å². The van der Waals surface area contributed by atoms with E-state index in [1.807, 2.05) is 12.1 Å². The molecule has 0 amide bonds. The van der Waals surface area contributed by atoms with Crippen molar-refractivity contribution in [1.29, 1.82) is 0 Å². The van der Waals surface area contributed by atoms with E-state index >= 15 is 0 Å². The SMILES string of the molecule is O=C(O)c1cccc(NCc2cccnn2)c1. The van der Waals surface area contributed by atoms with Crippen molar-refractivity contribution in [3.05, 3.63) is 53.9 Å². The minimum absolute atomic E-state index is 0.258. The van der Waals surface area contributed by atoms with Crippen LogP contribution in [0.4, 0.5) is 5.69 Å². The minimum atomic E-state index is -0.937. The minimum Gasteiger partial charge on any atom is -0.478 e. The van der Waals surface area contributed by atoms with Gasteiger partial charge in [0.05, 0.1) is 17.8 Å². The van der Waals surface area contributed by atoms with Gasteiger partial charge in [-0.2, -0.15) is 10.2 Å². The van der Waals surface area contributed by atoms with E-state index in [-0.39, 0.29) is 5.56 Å². The third kappa shape index (κ3) is 3.01. The molecule has 0 aliphatic rings. The Kier molecular flexibility index (Phi) is 3.30. The van der Waals surface area contributed by atoms with Crippen LogP contribution < -0.4 is 5.32 Å². The average Bonchev–Trinajstić information content (AvgIpc) is 2.38. The zero-order chi connectivity index (χ0) is 12.1. The fourth-order valence-electron chi connectivity index (χ4n) is 1.38. The summed E-state index contributed by atoms with van der Waals surface area (Å²) in [4.78, 5) is 10.8. The first kappa shape index (κ1) is 11.1. The first-order valence-electron chi connectivity index (χ1n) is 5.09. The molecule has 0 aliphatic carbocycles. The van der Waals surface area contributed by atoms with Crippen LogP contribution >= 0.6 is 0 Å². The highest BCUT2D eigenvalue weighted by atomic mass is 16.4. The molecule has 2 N–H and O–H groups in total. The zero-order valence-electron chi connectivity index (χ0n) is 9.00. The van der Waals surface area contributed by atoms with Gasteiger partial charge in [0.25, 0.3) is 0 Å². The predicted molar refractivity (Wildman–Crippen MR) is 62.8 cm³/mol. The number of nitrogens with one attached hydrogen (secondary N) is 1. The maximum absolute atomic E-state index is 10.8. The number of nitrogens with zero attached hydrogens (tertiary/aromatic N) is 2. The van der Waals surface area contributed by atoms with Crippen LogP contribution in [-0.2, 0) is 6.54 Å². The largest absolute Gasteiger partial charge is 0.478 e. The van der Waals surface area contributed by atoms with Gasteiger partial charge < -0.3 is 10.4 Å². The molecule has 5 heteroatoms. The monoisotopic (exact) mass is 229 g/mol. The van der Waals surface area contributed by atoms with Crippen LogP contribution in [0.2, 0.25) is 0 Å². The van der Waals surface area contributed by atoms with E-state index in [0.717, 1.165) is 11.4 Å². The maximum atomic E-state index is 10.8. The molecule has 0 fully saturated rings. The third-order valence-electron chi connectivity index (χ3n) is 2.21. The highest BCUT2D eigenvalue weighted by Gasteiger charge is 2.02. The zero-order valence-corrected chi connectivity index (χ0v) is 9.00. The van der Waals surface area contributed by atoms with Gasteiger partial charge in [0.1, 0.15) is 0 Å². The van der Waals surface area contributed by atoms with Crippen LogP contribution in [0.1, 0.15) is 16.1 Å². The first-order valence-corrected chi connectivity index (χ1v) is 5.09. The summed E-state index contributed by atoms with van der Waals surface area (Å²) >= 11 is 0. The molecular weight excluding hydrogens is 218 g/mol. The standard InChI is InChI=1S/C12H11N3O2/c16-12(17)9-3-1-4-10(7-9)13-8-11-5-2-6-14-15-11/h1-7,13H,8H2,(H,16,17). The second-order valence-corrected chi connectivity index (χ2v) is 3.45. The third-order valence-corrected chi connectivity index (χ3v) is 2.21. The van der Waals surface area contributed by atoms with Gasteiger partial charge in [0.15, 0.2) is 0 Å². The van der Waals surface area contributed by atoms with E-state index in [1.165, 1.54) is 0 Å². The molecule has 86 valence electrons. The van der Waals surface area contributed by atoms with Gasteiger partial charge in [-0.15, -0.1) is 0 Å². The lowest BCUT2D eigenvalue weighted by Gasteiger charge is -2.05. The highest BCUT2D eigenvalue weighted by Crippen LogP contribution is 2.11. The van der Waals surface area contributed by atoms with Crippen LogP contribution in [-0.4, -0.2) is 21.3 Å². The van der Waals surface area contributed by atoms with Gasteiger partial charge in [-0.05, 0) is 30.3 Å². The Bertz CT molecular complexity index is 514. The van der Waals surface area contributed by atoms with E-state index in [0.29, 0.717) is 6.54 Å². The van der Waals surface area contributed by atoms with Crippen molar-refractivity contribution in [2.24, 2.45) is 0 Å². The molecule has 0 saturated heterocycles. The molecule has 2 rings (SSSR count). The molecule has 0 aliphatic heterocycles. The number of carboxylic acid groups (broad SMARTS) is 1. The molecule has 0 bridgehead atoms. The van der Waals surface area contributed by atoms with Crippen molar-refractivity contribution in [3.63, 3.8) is 0 Å². The number of carbonyl (C=O) groups is 1. The van der Waals surface area contributed by atoms with Gasteiger partial charge >= 0.3 is 5.97 Å². The number of aromatic carboxylic acids is 1. The number of carboxylic acids is 1. The lowest BCUT2D eigenvalue weighted by Crippen LogP contribution is -2.03. The number of anilines is 1. The van der Waals surface area contributed by atoms with Crippen molar-refractivity contribution in [1.82, 2.24) is 10.2 Å². The average molecular weight is 229 g/mol. The molecule has 0 radical (unpaired) electrons. The van der Waals surface area contributed by atoms with Crippen molar-refractivity contribution < 1.29 is 9.90 Å². The fraction of sp³-hybridized carbons (Fsp3) is 0.0833. The molecule has 0 atom stereocenters. The van der Waals surface area contributed by atoms with E-state index in [1.54, 1.807) is 30.5 Å². The molecule has 17 heavy (non-hydrogen) atoms. The summed E-state index contributed by atoms with van der Waals surface area (Å²) in [6, 6.07) is 10.3. The Balaban J connectivity index is 2.04. The second-order valence-electron chi connectivity index (χ2n) is 3.45. The Morgan fingerprint density at radius 3 is 2.88 bits per heavy atom. The molecule has 0 spiro atoms. The quantitative estimate of drug-likeness (QED) is 0.835. The topological polar surface area (TPSA) is 75.1 Å². The summed E-state index contributed by atoms with van der Waals surface area (Å²) in [7, 11) is 0. The number of rotatable bonds is 4. The summed E-state index contributed by atoms with van der Waals surface area (Å²) in [5, 5.41) is 19.6. The van der Waals surface area contributed by atoms with Crippen LogP contribution in [0.25, 0.3) is 0 Å². The summed E-state index contributed by atoms with van der Waals surface area (Å²) in [6.07, 6.45) is 1.61. The summed E-state index contributed by atoms with van der Waals surface area (Å²) in [6.45, 7) is 0.511. The smallest absolute Gasteiger partial charge is 0.335 e. The Hall–Kier alpha value is -2.43. The number of hydrogen-bond acceptors (Lipinski definition) is 4. The van der Waals surface area contributed by atoms with Gasteiger partial charge in [0, 0.05) is 11.9 Å². The van der Waals surface area contributed by atoms with Crippen molar-refractivity contribution >= 4 is 11.7 Å². The maximum Gasteiger partial charge on any atom is 0.335 e. The Labute approximate surface area is 98.1 Å². The van der Waals surface area contributed by atoms with Crippen LogP contribution in [0, 0.1) is 0 Å². The van der Waals surface area contributed by atoms with Crippen molar-refractivity contribution in [3.8, 4) is 0 Å². The summed E-state index contributed by atoms with van der Waals surface area (Å²) < 4.78 is 0. The van der Waals surface area contributed by atoms with Gasteiger partial charge in [-0.25, -0.2) is 4.79 Å². The number of hydrogen-bond donors (Lipinski definition) is 2. The predicted octanol–water partition coefficient (Wildman–Crippen LogP) is 1.79. The van der Waals surface area contributed by atoms with Gasteiger partial charge in [0.2, 0.25) is 0 Å². The molecule has 0 saturated carbocycles. The summed E-state index contributed by atoms with van der Waals surface area (Å²) in [5.41, 5.74) is 1.80. The van der Waals surface area contributed by atoms with E-state index < -0.39 is 5.97 Å². The molecule has 1 aromatic heterocycles. The first-order chi connectivity index (χ1) is 8.25. The normalized spacial score (nSPS) is 9.88. The highest BCUT2D eigenvalue weighted by molar-refractivity contribution is 5.88. The van der Waals surface area contributed by atoms with Crippen LogP contribution in [0.5, 0.6) is 0 Å². The molecule has 5 nitrogen and oxygen atoms in total. The fourth-order valence-corrected chi connectivity index (χ4v) is 1.38. The van der Waals surface area contributed by atoms with E-state index in [4.69, 9.17) is 5.11 Å². The Morgan fingerprint density at radius 1 is 1.29 bits per heavy atom. The molecule has 1 heterocycles. The molecule has 2 aromatic rings. The van der Waals surface area contributed by atoms with E-state index in [2.05, 4.69) is 15.5 Å². The van der Waals surface area contributed by atoms with Gasteiger partial charge in [-0.1, -0.05) is 6.07 Å². The van der Waals surface area contributed by atoms with Crippen LogP contribution in [0.15, 0.2) is 42.6 Å². The summed E-state index contributed by atoms with van der Waals surface area (Å²) in [5.74, 6) is -0.937. The number of benzene rings is 1. The number of aromatic nitrogens is 2. The molecular formula is C12H11N3O2. The second kappa shape index (κ2) is 5.07. The molecule has 0 unspecified atom stereocenters. The Morgan fingerprint density at radius 2 is 2.18 bits per heavy atom. The lowest BCUT2D eigenvalue weighted by molar-refractivity contribution is 0.0697. The molecule has 1 aromatic carbocycles. The lowest BCUT2D eigenvalue weighted by atomic mass is 10.2. The van der Waals surface area contributed by atoms with Gasteiger partial charge in [-0.3, -0.25) is 0 Å². The van der Waals surface area contributed by atoms with Crippen molar-refractivity contribution in [2.75, 3.05) is 5.32 Å². The van der Waals surface area contributed by atoms with Crippen LogP contribution in [0.3, 0.4) is 0 Å². The van der Waals surface area contributed by atoms with Crippen molar-refractivity contribution in [2.45, 2.75) is 6.54 Å².